The van der Waals surface area contributed by atoms with E-state index in [1.165, 1.54) is 0 Å². The van der Waals surface area contributed by atoms with Crippen LogP contribution in [0.1, 0.15) is 17.2 Å². The Morgan fingerprint density at radius 3 is 2.11 bits per heavy atom. The number of halogens is 5. The molecule has 0 aliphatic rings. The Bertz CT molecular complexity index is 608. The number of benzene rings is 2. The van der Waals surface area contributed by atoms with E-state index in [1.807, 2.05) is 0 Å². The molecule has 0 radical (unpaired) electrons. The first-order chi connectivity index (χ1) is 8.90. The topological polar surface area (TPSA) is 26.0 Å². The van der Waals surface area contributed by atoms with E-state index >= 15 is 0 Å². The van der Waals surface area contributed by atoms with Crippen molar-refractivity contribution < 1.29 is 13.2 Å². The molecule has 2 rings (SSSR count). The molecule has 6 heteroatoms. The van der Waals surface area contributed by atoms with Gasteiger partial charge in [-0.3, -0.25) is 0 Å². The van der Waals surface area contributed by atoms with Crippen LogP contribution < -0.4 is 5.73 Å². The van der Waals surface area contributed by atoms with Gasteiger partial charge < -0.3 is 5.73 Å². The molecule has 1 atom stereocenters. The van der Waals surface area contributed by atoms with Gasteiger partial charge >= 0.3 is 0 Å². The van der Waals surface area contributed by atoms with Crippen LogP contribution in [-0.4, -0.2) is 0 Å². The maximum Gasteiger partial charge on any atom is 0.134 e. The van der Waals surface area contributed by atoms with Gasteiger partial charge in [0.2, 0.25) is 0 Å². The summed E-state index contributed by atoms with van der Waals surface area (Å²) in [7, 11) is 0. The van der Waals surface area contributed by atoms with E-state index in [1.54, 1.807) is 18.2 Å². The van der Waals surface area contributed by atoms with Gasteiger partial charge in [0.15, 0.2) is 0 Å². The Kier molecular flexibility index (Phi) is 4.32. The molecule has 0 saturated heterocycles. The minimum absolute atomic E-state index is 0.361. The van der Waals surface area contributed by atoms with Gasteiger partial charge in [0, 0.05) is 26.6 Å². The zero-order valence-electron chi connectivity index (χ0n) is 9.43. The number of nitrogens with two attached hydrogens (primary N) is 1. The standard InChI is InChI=1S/C13H8Br2F3N/c14-6-1-2-9(15)8(3-6)13(19)12-10(17)4-7(16)5-11(12)18/h1-5,13H,19H2. The predicted molar refractivity (Wildman–Crippen MR) is 74.2 cm³/mol. The highest BCUT2D eigenvalue weighted by molar-refractivity contribution is 9.11. The highest BCUT2D eigenvalue weighted by atomic mass is 79.9. The Morgan fingerprint density at radius 1 is 0.947 bits per heavy atom. The smallest absolute Gasteiger partial charge is 0.134 e. The van der Waals surface area contributed by atoms with Crippen molar-refractivity contribution in [1.82, 2.24) is 0 Å². The highest BCUT2D eigenvalue weighted by Crippen LogP contribution is 2.32. The van der Waals surface area contributed by atoms with E-state index < -0.39 is 23.5 Å². The molecule has 0 heterocycles. The van der Waals surface area contributed by atoms with Crippen LogP contribution in [0.5, 0.6) is 0 Å². The Labute approximate surface area is 124 Å². The second kappa shape index (κ2) is 5.64. The van der Waals surface area contributed by atoms with E-state index in [0.29, 0.717) is 22.2 Å². The fraction of sp³-hybridized carbons (Fsp3) is 0.0769. The van der Waals surface area contributed by atoms with Crippen LogP contribution in [0.4, 0.5) is 13.2 Å². The lowest BCUT2D eigenvalue weighted by atomic mass is 9.98. The third kappa shape index (κ3) is 3.01. The first kappa shape index (κ1) is 14.6. The summed E-state index contributed by atoms with van der Waals surface area (Å²) in [5.74, 6) is -2.98. The van der Waals surface area contributed by atoms with Gasteiger partial charge in [0.25, 0.3) is 0 Å². The summed E-state index contributed by atoms with van der Waals surface area (Å²) < 4.78 is 41.6. The summed E-state index contributed by atoms with van der Waals surface area (Å²) >= 11 is 6.53. The minimum atomic E-state index is -1.03. The molecular weight excluding hydrogens is 387 g/mol. The molecule has 100 valence electrons. The van der Waals surface area contributed by atoms with Gasteiger partial charge in [-0.2, -0.15) is 0 Å². The lowest BCUT2D eigenvalue weighted by molar-refractivity contribution is 0.515. The van der Waals surface area contributed by atoms with Crippen molar-refractivity contribution >= 4 is 31.9 Å². The summed E-state index contributed by atoms with van der Waals surface area (Å²) in [6.45, 7) is 0. The summed E-state index contributed by atoms with van der Waals surface area (Å²) in [5, 5.41) is 0. The van der Waals surface area contributed by atoms with Gasteiger partial charge in [-0.15, -0.1) is 0 Å². The molecule has 1 nitrogen and oxygen atoms in total. The van der Waals surface area contributed by atoms with E-state index in [2.05, 4.69) is 31.9 Å². The average Bonchev–Trinajstić information content (AvgIpc) is 2.30. The lowest BCUT2D eigenvalue weighted by Gasteiger charge is -2.16. The molecule has 2 aromatic carbocycles. The Hall–Kier alpha value is -0.850. The first-order valence-corrected chi connectivity index (χ1v) is 6.83. The predicted octanol–water partition coefficient (Wildman–Crippen LogP) is 4.68. The fourth-order valence-electron chi connectivity index (χ4n) is 1.76. The van der Waals surface area contributed by atoms with Crippen molar-refractivity contribution in [3.63, 3.8) is 0 Å². The van der Waals surface area contributed by atoms with Crippen LogP contribution in [0.25, 0.3) is 0 Å². The van der Waals surface area contributed by atoms with Gasteiger partial charge in [0.1, 0.15) is 17.5 Å². The number of hydrogen-bond acceptors (Lipinski definition) is 1. The van der Waals surface area contributed by atoms with Crippen molar-refractivity contribution in [2.45, 2.75) is 6.04 Å². The quantitative estimate of drug-likeness (QED) is 0.786. The molecule has 1 unspecified atom stereocenters. The first-order valence-electron chi connectivity index (χ1n) is 5.25. The summed E-state index contributed by atoms with van der Waals surface area (Å²) in [4.78, 5) is 0. The fourth-order valence-corrected chi connectivity index (χ4v) is 2.63. The van der Waals surface area contributed by atoms with Crippen LogP contribution in [0.2, 0.25) is 0 Å². The number of rotatable bonds is 2. The van der Waals surface area contributed by atoms with Gasteiger partial charge in [0.05, 0.1) is 6.04 Å². The van der Waals surface area contributed by atoms with E-state index in [4.69, 9.17) is 5.73 Å². The molecule has 0 amide bonds. The molecule has 0 saturated carbocycles. The van der Waals surface area contributed by atoms with Crippen molar-refractivity contribution in [1.29, 1.82) is 0 Å². The highest BCUT2D eigenvalue weighted by Gasteiger charge is 2.21. The van der Waals surface area contributed by atoms with Crippen LogP contribution in [0.3, 0.4) is 0 Å². The van der Waals surface area contributed by atoms with Crippen molar-refractivity contribution in [2.75, 3.05) is 0 Å². The molecule has 0 spiro atoms. The third-order valence-corrected chi connectivity index (χ3v) is 3.86. The van der Waals surface area contributed by atoms with Crippen molar-refractivity contribution in [2.24, 2.45) is 5.73 Å². The summed E-state index contributed by atoms with van der Waals surface area (Å²) in [6.07, 6.45) is 0. The molecule has 0 aliphatic carbocycles. The SMILES string of the molecule is NC(c1cc(Br)ccc1Br)c1c(F)cc(F)cc1F. The molecule has 19 heavy (non-hydrogen) atoms. The summed E-state index contributed by atoms with van der Waals surface area (Å²) in [5.41, 5.74) is 6.02. The normalized spacial score (nSPS) is 12.5. The largest absolute Gasteiger partial charge is 0.320 e. The van der Waals surface area contributed by atoms with E-state index in [9.17, 15) is 13.2 Å². The third-order valence-electron chi connectivity index (χ3n) is 2.65. The molecule has 2 N–H and O–H groups in total. The maximum atomic E-state index is 13.7. The van der Waals surface area contributed by atoms with E-state index in [0.717, 1.165) is 4.47 Å². The van der Waals surface area contributed by atoms with Crippen LogP contribution in [-0.2, 0) is 0 Å². The van der Waals surface area contributed by atoms with Gasteiger partial charge in [-0.1, -0.05) is 31.9 Å². The Morgan fingerprint density at radius 2 is 1.53 bits per heavy atom. The van der Waals surface area contributed by atoms with Crippen LogP contribution in [0, 0.1) is 17.5 Å². The lowest BCUT2D eigenvalue weighted by Crippen LogP contribution is -2.16. The summed E-state index contributed by atoms with van der Waals surface area (Å²) in [6, 6.07) is 5.31. The molecular formula is C13H8Br2F3N. The molecule has 0 aromatic heterocycles. The number of hydrogen-bond donors (Lipinski definition) is 1. The monoisotopic (exact) mass is 393 g/mol. The minimum Gasteiger partial charge on any atom is -0.320 e. The van der Waals surface area contributed by atoms with Crippen LogP contribution >= 0.6 is 31.9 Å². The zero-order chi connectivity index (χ0) is 14.2. The second-order valence-electron chi connectivity index (χ2n) is 3.93. The molecule has 0 aliphatic heterocycles. The molecule has 0 bridgehead atoms. The van der Waals surface area contributed by atoms with Gasteiger partial charge in [-0.05, 0) is 23.8 Å². The average molecular weight is 395 g/mol. The van der Waals surface area contributed by atoms with Crippen molar-refractivity contribution in [3.8, 4) is 0 Å². The van der Waals surface area contributed by atoms with Crippen molar-refractivity contribution in [3.05, 3.63) is 67.9 Å². The molecule has 0 fully saturated rings. The zero-order valence-corrected chi connectivity index (χ0v) is 12.6. The van der Waals surface area contributed by atoms with E-state index in [-0.39, 0.29) is 5.56 Å². The molecule has 2 aromatic rings. The second-order valence-corrected chi connectivity index (χ2v) is 5.70. The maximum absolute atomic E-state index is 13.7. The van der Waals surface area contributed by atoms with Gasteiger partial charge in [-0.25, -0.2) is 13.2 Å². The van der Waals surface area contributed by atoms with Crippen LogP contribution in [0.15, 0.2) is 39.3 Å². The Balaban J connectivity index is 2.56.